The first-order chi connectivity index (χ1) is 8.00. The normalized spacial score (nSPS) is 10.6. The first kappa shape index (κ1) is 12.5. The van der Waals surface area contributed by atoms with Crippen molar-refractivity contribution in [3.05, 3.63) is 57.3 Å². The summed E-state index contributed by atoms with van der Waals surface area (Å²) in [6, 6.07) is 7.10. The molecule has 0 saturated heterocycles. The second-order valence-corrected chi connectivity index (χ2v) is 4.58. The first-order valence-corrected chi connectivity index (χ1v) is 5.68. The predicted molar refractivity (Wildman–Crippen MR) is 63.3 cm³/mol. The Kier molecular flexibility index (Phi) is 3.45. The van der Waals surface area contributed by atoms with Crippen LogP contribution in [0.1, 0.15) is 0 Å². The Labute approximate surface area is 109 Å². The minimum atomic E-state index is -0.894. The van der Waals surface area contributed by atoms with Gasteiger partial charge in [0, 0.05) is 10.0 Å². The molecule has 87 valence electrons. The number of benzene rings is 2. The maximum atomic E-state index is 13.6. The minimum Gasteiger partial charge on any atom is -0.206 e. The lowest BCUT2D eigenvalue weighted by Crippen LogP contribution is -1.94. The molecule has 2 rings (SSSR count). The van der Waals surface area contributed by atoms with E-state index in [1.165, 1.54) is 12.1 Å². The summed E-state index contributed by atoms with van der Waals surface area (Å²) >= 11 is 8.49. The van der Waals surface area contributed by atoms with E-state index in [0.29, 0.717) is 0 Å². The molecule has 1 radical (unpaired) electrons. The van der Waals surface area contributed by atoms with Crippen LogP contribution in [0.15, 0.2) is 28.7 Å². The zero-order valence-electron chi connectivity index (χ0n) is 8.20. The summed E-state index contributed by atoms with van der Waals surface area (Å²) < 4.78 is 41.1. The topological polar surface area (TPSA) is 0 Å². The summed E-state index contributed by atoms with van der Waals surface area (Å²) in [4.78, 5) is 0. The van der Waals surface area contributed by atoms with Gasteiger partial charge in [-0.05, 0) is 24.3 Å². The lowest BCUT2D eigenvalue weighted by molar-refractivity contribution is 0.580. The Balaban J connectivity index is 2.73. The largest absolute Gasteiger partial charge is 0.206 e. The summed E-state index contributed by atoms with van der Waals surface area (Å²) in [7, 11) is 0. The second-order valence-electron chi connectivity index (χ2n) is 3.26. The molecule has 5 heteroatoms. The fraction of sp³-hybridized carbons (Fsp3) is 0. The van der Waals surface area contributed by atoms with Crippen molar-refractivity contribution < 1.29 is 13.2 Å². The van der Waals surface area contributed by atoms with Gasteiger partial charge in [-0.25, -0.2) is 13.2 Å². The van der Waals surface area contributed by atoms with Gasteiger partial charge in [-0.3, -0.25) is 0 Å². The van der Waals surface area contributed by atoms with Gasteiger partial charge in [-0.2, -0.15) is 0 Å². The standard InChI is InChI=1S/C12H4BrClF3/c13-6-4-9(15)11(10(16)5-6)7-2-1-3-8(14)12(7)17/h1,3-5H. The van der Waals surface area contributed by atoms with Gasteiger partial charge in [0.15, 0.2) is 0 Å². The Morgan fingerprint density at radius 2 is 1.71 bits per heavy atom. The Morgan fingerprint density at radius 3 is 2.29 bits per heavy atom. The predicted octanol–water partition coefficient (Wildman–Crippen LogP) is 4.99. The van der Waals surface area contributed by atoms with Crippen LogP contribution >= 0.6 is 27.5 Å². The van der Waals surface area contributed by atoms with E-state index in [4.69, 9.17) is 11.6 Å². The Bertz CT molecular complexity index is 561. The fourth-order valence-electron chi connectivity index (χ4n) is 1.42. The molecular formula is C12H4BrClF3. The maximum Gasteiger partial charge on any atom is 0.150 e. The van der Waals surface area contributed by atoms with Gasteiger partial charge in [-0.1, -0.05) is 33.6 Å². The van der Waals surface area contributed by atoms with Crippen molar-refractivity contribution in [2.45, 2.75) is 0 Å². The molecule has 0 aromatic heterocycles. The van der Waals surface area contributed by atoms with Crippen LogP contribution in [0.4, 0.5) is 13.2 Å². The quantitative estimate of drug-likeness (QED) is 0.694. The van der Waals surface area contributed by atoms with Crippen molar-refractivity contribution in [3.8, 4) is 11.1 Å². The van der Waals surface area contributed by atoms with Gasteiger partial charge in [0.25, 0.3) is 0 Å². The van der Waals surface area contributed by atoms with Gasteiger partial charge in [0.1, 0.15) is 17.5 Å². The van der Waals surface area contributed by atoms with E-state index >= 15 is 0 Å². The molecule has 0 nitrogen and oxygen atoms in total. The second kappa shape index (κ2) is 4.70. The first-order valence-electron chi connectivity index (χ1n) is 4.51. The highest BCUT2D eigenvalue weighted by molar-refractivity contribution is 9.10. The average Bonchev–Trinajstić information content (AvgIpc) is 2.23. The number of hydrogen-bond acceptors (Lipinski definition) is 0. The molecular weight excluding hydrogens is 316 g/mol. The van der Waals surface area contributed by atoms with Crippen molar-refractivity contribution >= 4 is 27.5 Å². The van der Waals surface area contributed by atoms with Crippen molar-refractivity contribution in [2.24, 2.45) is 0 Å². The summed E-state index contributed by atoms with van der Waals surface area (Å²) in [5.74, 6) is -2.65. The number of halogens is 5. The molecule has 0 spiro atoms. The van der Waals surface area contributed by atoms with Crippen LogP contribution in [-0.2, 0) is 0 Å². The molecule has 2 aromatic carbocycles. The van der Waals surface area contributed by atoms with E-state index in [1.807, 2.05) is 0 Å². The number of rotatable bonds is 1. The SMILES string of the molecule is Fc1cc(Br)cc(F)c1-c1[c]ccc(Cl)c1F. The van der Waals surface area contributed by atoms with Crippen LogP contribution < -0.4 is 0 Å². The molecule has 0 aliphatic heterocycles. The van der Waals surface area contributed by atoms with Crippen LogP contribution in [-0.4, -0.2) is 0 Å². The zero-order chi connectivity index (χ0) is 12.6. The lowest BCUT2D eigenvalue weighted by atomic mass is 10.0. The third-order valence-electron chi connectivity index (χ3n) is 2.14. The molecule has 0 bridgehead atoms. The van der Waals surface area contributed by atoms with Crippen molar-refractivity contribution in [1.82, 2.24) is 0 Å². The summed E-state index contributed by atoms with van der Waals surface area (Å²) in [5, 5.41) is -0.208. The van der Waals surface area contributed by atoms with Crippen LogP contribution in [0.5, 0.6) is 0 Å². The molecule has 0 amide bonds. The zero-order valence-corrected chi connectivity index (χ0v) is 10.5. The van der Waals surface area contributed by atoms with Gasteiger partial charge in [0.2, 0.25) is 0 Å². The van der Waals surface area contributed by atoms with E-state index in [-0.39, 0.29) is 15.1 Å². The Morgan fingerprint density at radius 1 is 1.12 bits per heavy atom. The molecule has 0 aliphatic rings. The van der Waals surface area contributed by atoms with Crippen molar-refractivity contribution in [3.63, 3.8) is 0 Å². The summed E-state index contributed by atoms with van der Waals surface area (Å²) in [5.41, 5.74) is -0.798. The third-order valence-corrected chi connectivity index (χ3v) is 2.89. The highest BCUT2D eigenvalue weighted by Crippen LogP contribution is 2.32. The summed E-state index contributed by atoms with van der Waals surface area (Å²) in [6.45, 7) is 0. The minimum absolute atomic E-state index is 0.208. The molecule has 0 atom stereocenters. The van der Waals surface area contributed by atoms with Crippen molar-refractivity contribution in [1.29, 1.82) is 0 Å². The van der Waals surface area contributed by atoms with Crippen LogP contribution in [0, 0.1) is 23.5 Å². The molecule has 0 aliphatic carbocycles. The molecule has 0 unspecified atom stereocenters. The molecule has 0 N–H and O–H groups in total. The molecule has 0 heterocycles. The van der Waals surface area contributed by atoms with E-state index in [2.05, 4.69) is 22.0 Å². The smallest absolute Gasteiger partial charge is 0.150 e. The lowest BCUT2D eigenvalue weighted by Gasteiger charge is -2.07. The van der Waals surface area contributed by atoms with Gasteiger partial charge in [-0.15, -0.1) is 0 Å². The fourth-order valence-corrected chi connectivity index (χ4v) is 1.98. The highest BCUT2D eigenvalue weighted by Gasteiger charge is 2.17. The van der Waals surface area contributed by atoms with Gasteiger partial charge < -0.3 is 0 Å². The monoisotopic (exact) mass is 319 g/mol. The van der Waals surface area contributed by atoms with Crippen LogP contribution in [0.2, 0.25) is 5.02 Å². The van der Waals surface area contributed by atoms with Crippen LogP contribution in [0.25, 0.3) is 11.1 Å². The van der Waals surface area contributed by atoms with E-state index in [9.17, 15) is 13.2 Å². The third kappa shape index (κ3) is 2.33. The van der Waals surface area contributed by atoms with Crippen LogP contribution in [0.3, 0.4) is 0 Å². The van der Waals surface area contributed by atoms with Crippen molar-refractivity contribution in [2.75, 3.05) is 0 Å². The maximum absolute atomic E-state index is 13.6. The Hall–Kier alpha value is -1.00. The highest BCUT2D eigenvalue weighted by atomic mass is 79.9. The van der Waals surface area contributed by atoms with E-state index < -0.39 is 23.0 Å². The molecule has 2 aromatic rings. The summed E-state index contributed by atoms with van der Waals surface area (Å²) in [6.07, 6.45) is 0. The average molecular weight is 321 g/mol. The molecule has 0 fully saturated rings. The van der Waals surface area contributed by atoms with E-state index in [0.717, 1.165) is 12.1 Å². The number of hydrogen-bond donors (Lipinski definition) is 0. The molecule has 0 saturated carbocycles. The molecule has 17 heavy (non-hydrogen) atoms. The van der Waals surface area contributed by atoms with Gasteiger partial charge in [0.05, 0.1) is 10.6 Å². The van der Waals surface area contributed by atoms with Gasteiger partial charge >= 0.3 is 0 Å². The van der Waals surface area contributed by atoms with E-state index in [1.54, 1.807) is 0 Å².